The van der Waals surface area contributed by atoms with Crippen molar-refractivity contribution >= 4 is 23.6 Å². The minimum atomic E-state index is -1.03. The molecule has 0 saturated carbocycles. The molecular weight excluding hydrogens is 366 g/mol. The number of aromatic nitrogens is 1. The highest BCUT2D eigenvalue weighted by molar-refractivity contribution is 6.09. The molecule has 0 aliphatic heterocycles. The van der Waals surface area contributed by atoms with Crippen molar-refractivity contribution in [1.82, 2.24) is 4.57 Å². The van der Waals surface area contributed by atoms with Gasteiger partial charge in [-0.25, -0.2) is 4.79 Å². The Hall–Kier alpha value is -4.11. The molecule has 0 aliphatic carbocycles. The van der Waals surface area contributed by atoms with E-state index in [0.717, 1.165) is 11.1 Å². The van der Waals surface area contributed by atoms with Crippen LogP contribution < -0.4 is 5.32 Å². The molecule has 144 valence electrons. The van der Waals surface area contributed by atoms with Gasteiger partial charge in [-0.05, 0) is 73.5 Å². The van der Waals surface area contributed by atoms with Crippen molar-refractivity contribution in [3.05, 3.63) is 88.8 Å². The van der Waals surface area contributed by atoms with Crippen LogP contribution in [0.4, 0.5) is 5.69 Å². The molecule has 1 amide bonds. The number of carboxylic acid groups (broad SMARTS) is 1. The van der Waals surface area contributed by atoms with Crippen molar-refractivity contribution in [1.29, 1.82) is 5.26 Å². The zero-order valence-corrected chi connectivity index (χ0v) is 16.0. The van der Waals surface area contributed by atoms with Gasteiger partial charge in [0.15, 0.2) is 0 Å². The summed E-state index contributed by atoms with van der Waals surface area (Å²) in [7, 11) is 0. The van der Waals surface area contributed by atoms with Crippen molar-refractivity contribution in [2.45, 2.75) is 13.8 Å². The molecule has 3 rings (SSSR count). The van der Waals surface area contributed by atoms with Gasteiger partial charge in [0.2, 0.25) is 0 Å². The topological polar surface area (TPSA) is 95.1 Å². The average Bonchev–Trinajstić information content (AvgIpc) is 3.13. The lowest BCUT2D eigenvalue weighted by atomic mass is 10.1. The molecule has 2 aromatic carbocycles. The molecule has 0 spiro atoms. The molecule has 0 atom stereocenters. The van der Waals surface area contributed by atoms with E-state index in [1.807, 2.05) is 38.1 Å². The molecule has 0 aliphatic rings. The third kappa shape index (κ3) is 4.60. The van der Waals surface area contributed by atoms with Gasteiger partial charge in [-0.1, -0.05) is 12.1 Å². The number of carboxylic acids is 1. The van der Waals surface area contributed by atoms with Crippen LogP contribution in [-0.4, -0.2) is 21.6 Å². The maximum Gasteiger partial charge on any atom is 0.335 e. The first-order valence-electron chi connectivity index (χ1n) is 8.90. The summed E-state index contributed by atoms with van der Waals surface area (Å²) in [5.74, 6) is -1.54. The van der Waals surface area contributed by atoms with E-state index >= 15 is 0 Å². The fraction of sp³-hybridized carbons (Fsp3) is 0.0870. The Labute approximate surface area is 168 Å². The maximum absolute atomic E-state index is 12.6. The molecule has 1 heterocycles. The van der Waals surface area contributed by atoms with Crippen LogP contribution in [0.15, 0.2) is 66.4 Å². The summed E-state index contributed by atoms with van der Waals surface area (Å²) in [6.07, 6.45) is 3.22. The summed E-state index contributed by atoms with van der Waals surface area (Å²) in [5.41, 5.74) is 3.94. The van der Waals surface area contributed by atoms with Crippen molar-refractivity contribution in [3.8, 4) is 11.8 Å². The van der Waals surface area contributed by atoms with E-state index in [2.05, 4.69) is 5.32 Å². The number of anilines is 1. The summed E-state index contributed by atoms with van der Waals surface area (Å²) in [6.45, 7) is 3.86. The molecule has 6 heteroatoms. The molecular formula is C23H19N3O3. The minimum absolute atomic E-state index is 0.0569. The van der Waals surface area contributed by atoms with Crippen LogP contribution in [0.25, 0.3) is 11.8 Å². The Morgan fingerprint density at radius 1 is 1.07 bits per heavy atom. The van der Waals surface area contributed by atoms with Gasteiger partial charge in [-0.15, -0.1) is 0 Å². The highest BCUT2D eigenvalue weighted by atomic mass is 16.4. The van der Waals surface area contributed by atoms with Crippen molar-refractivity contribution in [3.63, 3.8) is 0 Å². The van der Waals surface area contributed by atoms with Gasteiger partial charge < -0.3 is 15.0 Å². The van der Waals surface area contributed by atoms with Crippen molar-refractivity contribution in [2.24, 2.45) is 0 Å². The Kier molecular flexibility index (Phi) is 5.61. The molecule has 0 fully saturated rings. The zero-order valence-electron chi connectivity index (χ0n) is 16.0. The van der Waals surface area contributed by atoms with E-state index in [9.17, 15) is 20.0 Å². The monoisotopic (exact) mass is 385 g/mol. The second kappa shape index (κ2) is 8.28. The van der Waals surface area contributed by atoms with E-state index in [1.54, 1.807) is 35.0 Å². The molecule has 1 aromatic heterocycles. The number of hydrogen-bond donors (Lipinski definition) is 2. The summed E-state index contributed by atoms with van der Waals surface area (Å²) >= 11 is 0. The largest absolute Gasteiger partial charge is 0.478 e. The van der Waals surface area contributed by atoms with Gasteiger partial charge in [-0.2, -0.15) is 5.26 Å². The Morgan fingerprint density at radius 3 is 2.45 bits per heavy atom. The summed E-state index contributed by atoms with van der Waals surface area (Å²) in [5, 5.41) is 21.4. The van der Waals surface area contributed by atoms with Gasteiger partial charge in [-0.3, -0.25) is 4.79 Å². The van der Waals surface area contributed by atoms with E-state index in [-0.39, 0.29) is 11.1 Å². The minimum Gasteiger partial charge on any atom is -0.478 e. The summed E-state index contributed by atoms with van der Waals surface area (Å²) < 4.78 is 1.72. The fourth-order valence-corrected chi connectivity index (χ4v) is 3.08. The second-order valence-corrected chi connectivity index (χ2v) is 6.66. The van der Waals surface area contributed by atoms with Crippen LogP contribution in [0.5, 0.6) is 0 Å². The second-order valence-electron chi connectivity index (χ2n) is 6.66. The molecule has 29 heavy (non-hydrogen) atoms. The van der Waals surface area contributed by atoms with E-state index < -0.39 is 11.9 Å². The number of nitriles is 1. The molecule has 0 saturated heterocycles. The Balaban J connectivity index is 1.92. The Morgan fingerprint density at radius 2 is 1.79 bits per heavy atom. The van der Waals surface area contributed by atoms with Crippen molar-refractivity contribution < 1.29 is 14.7 Å². The number of carbonyl (C=O) groups is 2. The molecule has 6 nitrogen and oxygen atoms in total. The third-order valence-electron chi connectivity index (χ3n) is 4.29. The standard InChI is InChI=1S/C23H19N3O3/c1-15-9-16(2)11-19(10-15)25-22(27)18(14-24)13-21-7-4-8-26(21)20-6-3-5-17(12-20)23(28)29/h3-13H,1-2H3,(H,25,27)(H,28,29)/b18-13+. The van der Waals surface area contributed by atoms with Crippen LogP contribution in [0.1, 0.15) is 27.2 Å². The van der Waals surface area contributed by atoms with E-state index in [1.165, 1.54) is 18.2 Å². The highest BCUT2D eigenvalue weighted by Crippen LogP contribution is 2.19. The Bertz CT molecular complexity index is 1150. The first-order valence-corrected chi connectivity index (χ1v) is 8.90. The summed E-state index contributed by atoms with van der Waals surface area (Å²) in [6, 6.07) is 17.5. The number of rotatable bonds is 5. The van der Waals surface area contributed by atoms with E-state index in [0.29, 0.717) is 17.1 Å². The number of aryl methyl sites for hydroxylation is 2. The number of amides is 1. The first kappa shape index (κ1) is 19.6. The molecule has 0 radical (unpaired) electrons. The van der Waals surface area contributed by atoms with Crippen molar-refractivity contribution in [2.75, 3.05) is 5.32 Å². The van der Waals surface area contributed by atoms with Crippen LogP contribution >= 0.6 is 0 Å². The number of nitrogens with one attached hydrogen (secondary N) is 1. The van der Waals surface area contributed by atoms with Gasteiger partial charge in [0.1, 0.15) is 11.6 Å². The number of aromatic carboxylic acids is 1. The zero-order chi connectivity index (χ0) is 21.0. The smallest absolute Gasteiger partial charge is 0.335 e. The highest BCUT2D eigenvalue weighted by Gasteiger charge is 2.12. The fourth-order valence-electron chi connectivity index (χ4n) is 3.08. The molecule has 3 aromatic rings. The van der Waals surface area contributed by atoms with E-state index in [4.69, 9.17) is 0 Å². The number of nitrogens with zero attached hydrogens (tertiary/aromatic N) is 2. The number of hydrogen-bond acceptors (Lipinski definition) is 3. The van der Waals surface area contributed by atoms with Gasteiger partial charge >= 0.3 is 5.97 Å². The number of carbonyl (C=O) groups excluding carboxylic acids is 1. The van der Waals surface area contributed by atoms with Gasteiger partial charge in [0, 0.05) is 23.3 Å². The lowest BCUT2D eigenvalue weighted by Crippen LogP contribution is -2.14. The third-order valence-corrected chi connectivity index (χ3v) is 4.29. The van der Waals surface area contributed by atoms with Crippen LogP contribution in [0, 0.1) is 25.2 Å². The SMILES string of the molecule is Cc1cc(C)cc(NC(=O)/C(C#N)=C/c2cccn2-c2cccc(C(=O)O)c2)c1. The van der Waals surface area contributed by atoms with Gasteiger partial charge in [0.05, 0.1) is 5.56 Å². The average molecular weight is 385 g/mol. The van der Waals surface area contributed by atoms with Crippen LogP contribution in [0.3, 0.4) is 0 Å². The number of benzene rings is 2. The van der Waals surface area contributed by atoms with Crippen LogP contribution in [0.2, 0.25) is 0 Å². The molecule has 0 bridgehead atoms. The quantitative estimate of drug-likeness (QED) is 0.504. The van der Waals surface area contributed by atoms with Gasteiger partial charge in [0.25, 0.3) is 5.91 Å². The molecule has 2 N–H and O–H groups in total. The lowest BCUT2D eigenvalue weighted by molar-refractivity contribution is -0.112. The van der Waals surface area contributed by atoms with Crippen LogP contribution in [-0.2, 0) is 4.79 Å². The first-order chi connectivity index (χ1) is 13.9. The normalized spacial score (nSPS) is 11.0. The maximum atomic E-state index is 12.6. The predicted molar refractivity (Wildman–Crippen MR) is 111 cm³/mol. The predicted octanol–water partition coefficient (Wildman–Crippen LogP) is 4.34. The summed E-state index contributed by atoms with van der Waals surface area (Å²) in [4.78, 5) is 23.8. The lowest BCUT2D eigenvalue weighted by Gasteiger charge is -2.09. The molecule has 0 unspecified atom stereocenters.